The number of unbranched alkanes of at least 4 members (excludes halogenated alkanes) is 1. The molecule has 1 atom stereocenters. The van der Waals surface area contributed by atoms with Gasteiger partial charge in [0.15, 0.2) is 0 Å². The van der Waals surface area contributed by atoms with Gasteiger partial charge in [-0.25, -0.2) is 0 Å². The van der Waals surface area contributed by atoms with E-state index in [0.717, 1.165) is 12.8 Å². The Morgan fingerprint density at radius 3 is 2.52 bits per heavy atom. The molecule has 5 nitrogen and oxygen atoms in total. The van der Waals surface area contributed by atoms with Gasteiger partial charge in [-0.05, 0) is 38.7 Å². The summed E-state index contributed by atoms with van der Waals surface area (Å²) < 4.78 is 0. The van der Waals surface area contributed by atoms with Crippen molar-refractivity contribution >= 4 is 34.8 Å². The largest absolute Gasteiger partial charge is 0.326 e. The Balaban J connectivity index is 2.65. The number of rotatable bonds is 8. The molecule has 0 fully saturated rings. The number of anilines is 2. The van der Waals surface area contributed by atoms with Crippen molar-refractivity contribution in [1.29, 1.82) is 0 Å². The van der Waals surface area contributed by atoms with Crippen molar-refractivity contribution in [3.05, 3.63) is 23.2 Å². The van der Waals surface area contributed by atoms with E-state index in [0.29, 0.717) is 29.4 Å². The topological polar surface area (TPSA) is 61.4 Å². The average Bonchev–Trinajstić information content (AvgIpc) is 2.47. The summed E-state index contributed by atoms with van der Waals surface area (Å²) in [6, 6.07) is 5.09. The summed E-state index contributed by atoms with van der Waals surface area (Å²) in [5.41, 5.74) is 1.18. The minimum Gasteiger partial charge on any atom is -0.326 e. The molecule has 0 spiro atoms. The molecule has 1 aromatic rings. The van der Waals surface area contributed by atoms with Gasteiger partial charge in [0.25, 0.3) is 0 Å². The number of carbonyl (C=O) groups excluding carboxylic acids is 2. The highest BCUT2D eigenvalue weighted by molar-refractivity contribution is 6.34. The molecule has 6 heteroatoms. The van der Waals surface area contributed by atoms with E-state index in [1.165, 1.54) is 0 Å². The average molecular weight is 340 g/mol. The van der Waals surface area contributed by atoms with Crippen molar-refractivity contribution in [3.63, 3.8) is 0 Å². The van der Waals surface area contributed by atoms with Crippen molar-refractivity contribution in [2.45, 2.75) is 33.1 Å². The first-order valence-corrected chi connectivity index (χ1v) is 8.26. The van der Waals surface area contributed by atoms with Gasteiger partial charge in [-0.3, -0.25) is 9.59 Å². The van der Waals surface area contributed by atoms with Crippen molar-refractivity contribution < 1.29 is 9.59 Å². The van der Waals surface area contributed by atoms with Crippen LogP contribution in [0.5, 0.6) is 0 Å². The van der Waals surface area contributed by atoms with Gasteiger partial charge in [0.2, 0.25) is 11.8 Å². The van der Waals surface area contributed by atoms with Crippen LogP contribution < -0.4 is 10.6 Å². The maximum absolute atomic E-state index is 12.1. The number of nitrogens with zero attached hydrogens (tertiary/aromatic N) is 1. The Morgan fingerprint density at radius 2 is 1.96 bits per heavy atom. The molecule has 0 aliphatic rings. The van der Waals surface area contributed by atoms with E-state index in [2.05, 4.69) is 10.6 Å². The molecule has 1 unspecified atom stereocenters. The third-order valence-corrected chi connectivity index (χ3v) is 3.67. The Kier molecular flexibility index (Phi) is 8.06. The zero-order valence-electron chi connectivity index (χ0n) is 14.3. The lowest BCUT2D eigenvalue weighted by atomic mass is 10.1. The van der Waals surface area contributed by atoms with Crippen LogP contribution in [0.1, 0.15) is 33.1 Å². The van der Waals surface area contributed by atoms with E-state index in [-0.39, 0.29) is 17.7 Å². The number of nitrogens with one attached hydrogen (secondary N) is 2. The fourth-order valence-corrected chi connectivity index (χ4v) is 2.37. The van der Waals surface area contributed by atoms with E-state index in [9.17, 15) is 9.59 Å². The Labute approximate surface area is 143 Å². The first-order chi connectivity index (χ1) is 10.8. The first kappa shape index (κ1) is 19.5. The van der Waals surface area contributed by atoms with Crippen LogP contribution in [0.2, 0.25) is 5.02 Å². The van der Waals surface area contributed by atoms with E-state index < -0.39 is 0 Å². The van der Waals surface area contributed by atoms with Crippen LogP contribution in [-0.4, -0.2) is 37.4 Å². The Bertz CT molecular complexity index is 547. The normalized spacial score (nSPS) is 12.1. The lowest BCUT2D eigenvalue weighted by Gasteiger charge is -2.17. The molecule has 1 rings (SSSR count). The minimum absolute atomic E-state index is 0.0508. The number of benzene rings is 1. The van der Waals surface area contributed by atoms with Crippen molar-refractivity contribution in [2.24, 2.45) is 5.92 Å². The van der Waals surface area contributed by atoms with Crippen LogP contribution in [0.15, 0.2) is 18.2 Å². The molecule has 0 aliphatic heterocycles. The molecule has 0 aromatic heterocycles. The predicted molar refractivity (Wildman–Crippen MR) is 96.0 cm³/mol. The molecule has 23 heavy (non-hydrogen) atoms. The number of halogens is 1. The molecule has 0 saturated carbocycles. The van der Waals surface area contributed by atoms with Gasteiger partial charge in [-0.2, -0.15) is 0 Å². The summed E-state index contributed by atoms with van der Waals surface area (Å²) in [5, 5.41) is 6.03. The molecule has 2 N–H and O–H groups in total. The fraction of sp³-hybridized carbons (Fsp3) is 0.529. The van der Waals surface area contributed by atoms with Crippen molar-refractivity contribution in [3.8, 4) is 0 Å². The van der Waals surface area contributed by atoms with Crippen LogP contribution in [0, 0.1) is 5.92 Å². The summed E-state index contributed by atoms with van der Waals surface area (Å²) in [5.74, 6) is -0.239. The number of hydrogen-bond acceptors (Lipinski definition) is 3. The third kappa shape index (κ3) is 7.01. The standard InChI is InChI=1S/C17H26ClN3O2/c1-5-6-7-16(22)20-15-9-8-13(10-14(15)18)19-17(23)12(2)11-21(3)4/h8-10,12H,5-7,11H2,1-4H3,(H,19,23)(H,20,22). The van der Waals surface area contributed by atoms with Crippen LogP contribution in [0.4, 0.5) is 11.4 Å². The van der Waals surface area contributed by atoms with Crippen molar-refractivity contribution in [2.75, 3.05) is 31.3 Å². The minimum atomic E-state index is -0.128. The molecule has 0 aliphatic carbocycles. The van der Waals surface area contributed by atoms with E-state index in [1.807, 2.05) is 32.8 Å². The van der Waals surface area contributed by atoms with Crippen LogP contribution in [-0.2, 0) is 9.59 Å². The molecule has 0 radical (unpaired) electrons. The molecule has 1 aromatic carbocycles. The highest BCUT2D eigenvalue weighted by Crippen LogP contribution is 2.26. The third-order valence-electron chi connectivity index (χ3n) is 3.35. The van der Waals surface area contributed by atoms with Crippen LogP contribution in [0.25, 0.3) is 0 Å². The zero-order valence-corrected chi connectivity index (χ0v) is 15.0. The van der Waals surface area contributed by atoms with E-state index in [4.69, 9.17) is 11.6 Å². The molecule has 0 saturated heterocycles. The van der Waals surface area contributed by atoms with E-state index >= 15 is 0 Å². The number of amides is 2. The summed E-state index contributed by atoms with van der Waals surface area (Å²) in [6.07, 6.45) is 2.30. The van der Waals surface area contributed by atoms with Crippen LogP contribution >= 0.6 is 11.6 Å². The lowest BCUT2D eigenvalue weighted by molar-refractivity contribution is -0.119. The predicted octanol–water partition coefficient (Wildman–Crippen LogP) is 3.60. The zero-order chi connectivity index (χ0) is 17.4. The van der Waals surface area contributed by atoms with Crippen molar-refractivity contribution in [1.82, 2.24) is 4.90 Å². The van der Waals surface area contributed by atoms with Gasteiger partial charge in [0.05, 0.1) is 10.7 Å². The summed E-state index contributed by atoms with van der Waals surface area (Å²) in [4.78, 5) is 25.8. The maximum atomic E-state index is 12.1. The van der Waals surface area contributed by atoms with Gasteiger partial charge < -0.3 is 15.5 Å². The first-order valence-electron chi connectivity index (χ1n) is 7.88. The van der Waals surface area contributed by atoms with Crippen LogP contribution in [0.3, 0.4) is 0 Å². The summed E-state index contributed by atoms with van der Waals surface area (Å²) in [6.45, 7) is 4.58. The number of hydrogen-bond donors (Lipinski definition) is 2. The quantitative estimate of drug-likeness (QED) is 0.760. The number of carbonyl (C=O) groups is 2. The second kappa shape index (κ2) is 9.53. The summed E-state index contributed by atoms with van der Waals surface area (Å²) >= 11 is 6.18. The Hall–Kier alpha value is -1.59. The SMILES string of the molecule is CCCCC(=O)Nc1ccc(NC(=O)C(C)CN(C)C)cc1Cl. The highest BCUT2D eigenvalue weighted by Gasteiger charge is 2.14. The molecule has 2 amide bonds. The molecule has 0 heterocycles. The fourth-order valence-electron chi connectivity index (χ4n) is 2.14. The van der Waals surface area contributed by atoms with E-state index in [1.54, 1.807) is 18.2 Å². The highest BCUT2D eigenvalue weighted by atomic mass is 35.5. The lowest BCUT2D eigenvalue weighted by Crippen LogP contribution is -2.29. The van der Waals surface area contributed by atoms with Gasteiger partial charge >= 0.3 is 0 Å². The smallest absolute Gasteiger partial charge is 0.228 e. The monoisotopic (exact) mass is 339 g/mol. The van der Waals surface area contributed by atoms with Gasteiger partial charge in [0, 0.05) is 24.6 Å². The van der Waals surface area contributed by atoms with Gasteiger partial charge in [0.1, 0.15) is 0 Å². The van der Waals surface area contributed by atoms with Gasteiger partial charge in [-0.15, -0.1) is 0 Å². The molecule has 128 valence electrons. The second-order valence-electron chi connectivity index (χ2n) is 6.00. The maximum Gasteiger partial charge on any atom is 0.228 e. The molecular weight excluding hydrogens is 314 g/mol. The Morgan fingerprint density at radius 1 is 1.26 bits per heavy atom. The molecular formula is C17H26ClN3O2. The molecule has 0 bridgehead atoms. The van der Waals surface area contributed by atoms with Gasteiger partial charge in [-0.1, -0.05) is 31.9 Å². The second-order valence-corrected chi connectivity index (χ2v) is 6.41. The summed E-state index contributed by atoms with van der Waals surface area (Å²) in [7, 11) is 3.85.